The fourth-order valence-corrected chi connectivity index (χ4v) is 2.88. The monoisotopic (exact) mass is 510 g/mol. The number of guanidine groups is 2. The van der Waals surface area contributed by atoms with Crippen molar-refractivity contribution in [2.24, 2.45) is 21.7 Å². The second kappa shape index (κ2) is 12.0. The Kier molecular flexibility index (Phi) is 8.60. The fraction of sp³-hybridized carbons (Fsp3) is 0.0400. The van der Waals surface area contributed by atoms with Crippen LogP contribution in [-0.4, -0.2) is 23.7 Å². The quantitative estimate of drug-likeness (QED) is 0.173. The van der Waals surface area contributed by atoms with E-state index >= 15 is 0 Å². The van der Waals surface area contributed by atoms with Crippen LogP contribution in [0.4, 0.5) is 13.2 Å². The van der Waals surface area contributed by atoms with Gasteiger partial charge in [0.1, 0.15) is 11.5 Å². The molecule has 0 aliphatic carbocycles. The van der Waals surface area contributed by atoms with E-state index in [0.717, 1.165) is 18.2 Å². The number of rotatable bonds is 6. The zero-order valence-corrected chi connectivity index (χ0v) is 19.1. The molecule has 0 unspecified atom stereocenters. The zero-order chi connectivity index (χ0) is 26.8. The maximum Gasteiger partial charge on any atom is 0.416 e. The number of nitrogens with two attached hydrogens (primary N) is 2. The van der Waals surface area contributed by atoms with Crippen LogP contribution >= 0.6 is 0 Å². The molecule has 3 rings (SSSR count). The molecule has 6 N–H and O–H groups in total. The van der Waals surface area contributed by atoms with Crippen LogP contribution in [0.2, 0.25) is 0 Å². The first-order valence-electron chi connectivity index (χ1n) is 10.6. The van der Waals surface area contributed by atoms with Gasteiger partial charge < -0.3 is 16.2 Å². The van der Waals surface area contributed by atoms with Crippen molar-refractivity contribution in [3.63, 3.8) is 0 Å². The highest BCUT2D eigenvalue weighted by molar-refractivity contribution is 6.06. The first kappa shape index (κ1) is 26.5. The van der Waals surface area contributed by atoms with Crippen molar-refractivity contribution >= 4 is 29.8 Å². The lowest BCUT2D eigenvalue weighted by molar-refractivity contribution is -0.137. The number of hydrogen-bond donors (Lipinski definition) is 4. The second-order valence-electron chi connectivity index (χ2n) is 7.27. The van der Waals surface area contributed by atoms with Crippen LogP contribution in [0.3, 0.4) is 0 Å². The van der Waals surface area contributed by atoms with E-state index in [4.69, 9.17) is 16.2 Å². The highest BCUT2D eigenvalue weighted by Crippen LogP contribution is 2.32. The average Bonchev–Trinajstić information content (AvgIpc) is 2.87. The Balaban J connectivity index is 1.54. The van der Waals surface area contributed by atoms with E-state index in [1.165, 1.54) is 30.3 Å². The number of halogens is 3. The van der Waals surface area contributed by atoms with Gasteiger partial charge in [-0.15, -0.1) is 10.2 Å². The van der Waals surface area contributed by atoms with Crippen molar-refractivity contribution in [2.45, 2.75) is 6.18 Å². The van der Waals surface area contributed by atoms with E-state index in [2.05, 4.69) is 20.8 Å². The minimum Gasteiger partial charge on any atom is -0.457 e. The van der Waals surface area contributed by atoms with Gasteiger partial charge in [0, 0.05) is 11.6 Å². The summed E-state index contributed by atoms with van der Waals surface area (Å²) in [6, 6.07) is 20.1. The van der Waals surface area contributed by atoms with Crippen molar-refractivity contribution in [3.05, 3.63) is 102 Å². The number of benzene rings is 3. The summed E-state index contributed by atoms with van der Waals surface area (Å²) in [6.07, 6.45) is -2.74. The maximum absolute atomic E-state index is 13.0. The molecule has 3 aromatic carbocycles. The van der Waals surface area contributed by atoms with E-state index in [0.29, 0.717) is 11.5 Å². The Bertz CT molecular complexity index is 1340. The summed E-state index contributed by atoms with van der Waals surface area (Å²) >= 11 is 0. The van der Waals surface area contributed by atoms with Crippen LogP contribution in [0, 0.1) is 0 Å². The molecule has 0 heterocycles. The average molecular weight is 510 g/mol. The molecule has 0 aliphatic heterocycles. The highest BCUT2D eigenvalue weighted by Gasteiger charge is 2.32. The largest absolute Gasteiger partial charge is 0.457 e. The summed E-state index contributed by atoms with van der Waals surface area (Å²) in [7, 11) is 0. The number of amides is 2. The Labute approximate surface area is 209 Å². The molecule has 0 saturated carbocycles. The van der Waals surface area contributed by atoms with Crippen molar-refractivity contribution in [1.82, 2.24) is 10.6 Å². The smallest absolute Gasteiger partial charge is 0.416 e. The summed E-state index contributed by atoms with van der Waals surface area (Å²) < 4.78 is 44.7. The Morgan fingerprint density at radius 3 is 2.00 bits per heavy atom. The van der Waals surface area contributed by atoms with E-state index in [1.807, 2.05) is 18.2 Å². The van der Waals surface area contributed by atoms with Gasteiger partial charge in [0.15, 0.2) is 0 Å². The maximum atomic E-state index is 13.0. The van der Waals surface area contributed by atoms with E-state index in [9.17, 15) is 22.8 Å². The molecule has 0 radical (unpaired) electrons. The molecule has 0 aliphatic rings. The molecule has 3 aromatic rings. The molecule has 0 fully saturated rings. The third-order valence-electron chi connectivity index (χ3n) is 4.53. The van der Waals surface area contributed by atoms with Crippen LogP contribution in [-0.2, 0) is 11.0 Å². The van der Waals surface area contributed by atoms with Gasteiger partial charge in [-0.25, -0.2) is 0 Å². The fourth-order valence-electron chi connectivity index (χ4n) is 2.88. The number of hydrogen-bond acceptors (Lipinski definition) is 5. The standard InChI is InChI=1S/C25H21F3N6O3/c26-25(27,28)20-9-5-4-6-16(20)12-15-21(35)31-23(29)33-34-24(30)32-22(36)17-10-13-19(14-11-17)37-18-7-2-1-3-8-18/h1-15H,(H3,29,31,33,35)(H3,30,32,34,36). The third kappa shape index (κ3) is 8.24. The van der Waals surface area contributed by atoms with Gasteiger partial charge in [0.2, 0.25) is 11.9 Å². The number of nitrogens with zero attached hydrogens (tertiary/aromatic N) is 2. The van der Waals surface area contributed by atoms with E-state index in [-0.39, 0.29) is 11.1 Å². The molecule has 0 saturated heterocycles. The zero-order valence-electron chi connectivity index (χ0n) is 19.1. The highest BCUT2D eigenvalue weighted by atomic mass is 19.4. The number of carbonyl (C=O) groups is 2. The number of ether oxygens (including phenoxy) is 1. The summed E-state index contributed by atoms with van der Waals surface area (Å²) in [5.74, 6) is -1.20. The van der Waals surface area contributed by atoms with E-state index < -0.39 is 35.5 Å². The molecule has 0 bridgehead atoms. The normalized spacial score (nSPS) is 12.3. The minimum absolute atomic E-state index is 0.203. The number of nitrogens with one attached hydrogen (secondary N) is 2. The van der Waals surface area contributed by atoms with Crippen LogP contribution in [0.1, 0.15) is 21.5 Å². The number of alkyl halides is 3. The topological polar surface area (TPSA) is 144 Å². The summed E-state index contributed by atoms with van der Waals surface area (Å²) in [6.45, 7) is 0. The molecule has 190 valence electrons. The Morgan fingerprint density at radius 1 is 0.784 bits per heavy atom. The summed E-state index contributed by atoms with van der Waals surface area (Å²) in [4.78, 5) is 24.3. The summed E-state index contributed by atoms with van der Waals surface area (Å²) in [5, 5.41) is 11.4. The van der Waals surface area contributed by atoms with Crippen molar-refractivity contribution in [2.75, 3.05) is 0 Å². The minimum atomic E-state index is -4.58. The molecule has 9 nitrogen and oxygen atoms in total. The van der Waals surface area contributed by atoms with Crippen LogP contribution in [0.15, 0.2) is 95.1 Å². The SMILES string of the molecule is NC(=NN=C(N)NC(=O)c1ccc(Oc2ccccc2)cc1)NC(=O)C=Cc1ccccc1C(F)(F)F. The third-order valence-corrected chi connectivity index (χ3v) is 4.53. The Morgan fingerprint density at radius 2 is 1.35 bits per heavy atom. The van der Waals surface area contributed by atoms with Crippen molar-refractivity contribution in [3.8, 4) is 11.5 Å². The van der Waals surface area contributed by atoms with Crippen LogP contribution in [0.5, 0.6) is 11.5 Å². The summed E-state index contributed by atoms with van der Waals surface area (Å²) in [5.41, 5.74) is 10.3. The molecule has 0 aromatic heterocycles. The van der Waals surface area contributed by atoms with Gasteiger partial charge in [-0.3, -0.25) is 20.2 Å². The van der Waals surface area contributed by atoms with Crippen LogP contribution < -0.4 is 26.8 Å². The predicted octanol–water partition coefficient (Wildman–Crippen LogP) is 3.60. The molecular weight excluding hydrogens is 489 g/mol. The lowest BCUT2D eigenvalue weighted by Gasteiger charge is -2.09. The van der Waals surface area contributed by atoms with Gasteiger partial charge in [-0.05, 0) is 54.1 Å². The molecule has 12 heteroatoms. The number of para-hydroxylation sites is 1. The molecule has 2 amide bonds. The molecule has 0 atom stereocenters. The lowest BCUT2D eigenvalue weighted by atomic mass is 10.1. The van der Waals surface area contributed by atoms with Gasteiger partial charge in [-0.1, -0.05) is 36.4 Å². The predicted molar refractivity (Wildman–Crippen MR) is 132 cm³/mol. The first-order valence-corrected chi connectivity index (χ1v) is 10.6. The van der Waals surface area contributed by atoms with Gasteiger partial charge in [0.25, 0.3) is 11.8 Å². The molecule has 0 spiro atoms. The van der Waals surface area contributed by atoms with Gasteiger partial charge in [-0.2, -0.15) is 13.2 Å². The van der Waals surface area contributed by atoms with Crippen molar-refractivity contribution in [1.29, 1.82) is 0 Å². The van der Waals surface area contributed by atoms with Gasteiger partial charge >= 0.3 is 6.18 Å². The first-order chi connectivity index (χ1) is 17.6. The molecule has 37 heavy (non-hydrogen) atoms. The second-order valence-corrected chi connectivity index (χ2v) is 7.27. The molecular formula is C25H21F3N6O3. The van der Waals surface area contributed by atoms with E-state index in [1.54, 1.807) is 24.3 Å². The van der Waals surface area contributed by atoms with Crippen LogP contribution in [0.25, 0.3) is 6.08 Å². The lowest BCUT2D eigenvalue weighted by Crippen LogP contribution is -2.38. The number of carbonyl (C=O) groups excluding carboxylic acids is 2. The van der Waals surface area contributed by atoms with Gasteiger partial charge in [0.05, 0.1) is 5.56 Å². The Hall–Kier alpha value is -5.13. The van der Waals surface area contributed by atoms with Crippen molar-refractivity contribution < 1.29 is 27.5 Å².